The van der Waals surface area contributed by atoms with Crippen molar-refractivity contribution < 1.29 is 14.6 Å². The van der Waals surface area contributed by atoms with E-state index in [1.807, 2.05) is 0 Å². The summed E-state index contributed by atoms with van der Waals surface area (Å²) in [5.74, 6) is -0.181. The third kappa shape index (κ3) is 1.09. The van der Waals surface area contributed by atoms with Gasteiger partial charge in [0.1, 0.15) is 6.10 Å². The van der Waals surface area contributed by atoms with E-state index in [1.54, 1.807) is 6.08 Å². The topological polar surface area (TPSA) is 46.5 Å². The first-order valence-electron chi connectivity index (χ1n) is 2.90. The predicted octanol–water partition coefficient (Wildman–Crippen LogP) is 0.0165. The number of allylic oxidation sites excluding steroid dienone is 2. The molecular weight excluding hydrogens is 132 g/mol. The van der Waals surface area contributed by atoms with Gasteiger partial charge in [-0.05, 0) is 12.2 Å². The van der Waals surface area contributed by atoms with Gasteiger partial charge in [0.25, 0.3) is 0 Å². The number of aliphatic hydroxyl groups is 1. The molecule has 0 aromatic rings. The Balaban J connectivity index is 2.82. The number of rotatable bonds is 1. The van der Waals surface area contributed by atoms with Gasteiger partial charge in [-0.15, -0.1) is 0 Å². The van der Waals surface area contributed by atoms with Crippen LogP contribution in [0.3, 0.4) is 0 Å². The first kappa shape index (κ1) is 7.02. The number of ketones is 1. The molecule has 0 spiro atoms. The average Bonchev–Trinajstić information content (AvgIpc) is 1.95. The fourth-order valence-electron chi connectivity index (χ4n) is 0.732. The zero-order chi connectivity index (χ0) is 7.56. The smallest absolute Gasteiger partial charge is 0.229 e. The molecule has 0 fully saturated rings. The van der Waals surface area contributed by atoms with Crippen LogP contribution in [0.5, 0.6) is 0 Å². The summed E-state index contributed by atoms with van der Waals surface area (Å²) >= 11 is 0. The summed E-state index contributed by atoms with van der Waals surface area (Å²) in [4.78, 5) is 10.9. The van der Waals surface area contributed by atoms with Crippen LogP contribution in [-0.4, -0.2) is 24.1 Å². The quantitative estimate of drug-likeness (QED) is 0.558. The molecule has 10 heavy (non-hydrogen) atoms. The van der Waals surface area contributed by atoms with Gasteiger partial charge in [-0.2, -0.15) is 0 Å². The standard InChI is InChI=1S/C7H8O3/c1-10-6-4-2-3-5(8)7(6)9/h2-5,8H,1H3. The molecule has 0 amide bonds. The van der Waals surface area contributed by atoms with Gasteiger partial charge >= 0.3 is 0 Å². The van der Waals surface area contributed by atoms with Gasteiger partial charge in [0.15, 0.2) is 5.76 Å². The second-order valence-electron chi connectivity index (χ2n) is 1.93. The van der Waals surface area contributed by atoms with Gasteiger partial charge in [-0.3, -0.25) is 4.79 Å². The Bertz CT molecular complexity index is 203. The molecule has 0 saturated heterocycles. The number of methoxy groups -OCH3 is 1. The molecule has 3 heteroatoms. The van der Waals surface area contributed by atoms with Gasteiger partial charge in [-0.1, -0.05) is 6.08 Å². The highest BCUT2D eigenvalue weighted by molar-refractivity contribution is 5.99. The SMILES string of the molecule is COC1=CC=CC(O)C1=O. The van der Waals surface area contributed by atoms with Crippen molar-refractivity contribution in [2.45, 2.75) is 6.10 Å². The van der Waals surface area contributed by atoms with E-state index in [0.29, 0.717) is 0 Å². The fourth-order valence-corrected chi connectivity index (χ4v) is 0.732. The molecule has 0 bridgehead atoms. The molecule has 1 atom stereocenters. The Labute approximate surface area is 58.6 Å². The normalized spacial score (nSPS) is 24.4. The van der Waals surface area contributed by atoms with Crippen molar-refractivity contribution >= 4 is 5.78 Å². The van der Waals surface area contributed by atoms with Gasteiger partial charge in [-0.25, -0.2) is 0 Å². The lowest BCUT2D eigenvalue weighted by Crippen LogP contribution is -2.22. The number of Topliss-reactive ketones (excluding diaryl/α,β-unsaturated/α-hetero) is 1. The maximum Gasteiger partial charge on any atom is 0.229 e. The number of aliphatic hydroxyl groups excluding tert-OH is 1. The molecule has 0 aromatic carbocycles. The van der Waals surface area contributed by atoms with E-state index < -0.39 is 6.10 Å². The van der Waals surface area contributed by atoms with Crippen LogP contribution in [0, 0.1) is 0 Å². The third-order valence-corrected chi connectivity index (χ3v) is 1.27. The molecule has 54 valence electrons. The van der Waals surface area contributed by atoms with E-state index in [4.69, 9.17) is 5.11 Å². The molecule has 0 saturated carbocycles. The lowest BCUT2D eigenvalue weighted by molar-refractivity contribution is -0.124. The summed E-state index contributed by atoms with van der Waals surface area (Å²) in [5.41, 5.74) is 0. The van der Waals surface area contributed by atoms with Crippen LogP contribution < -0.4 is 0 Å². The van der Waals surface area contributed by atoms with Crippen LogP contribution in [0.1, 0.15) is 0 Å². The summed E-state index contributed by atoms with van der Waals surface area (Å²) in [7, 11) is 1.40. The zero-order valence-corrected chi connectivity index (χ0v) is 5.57. The Morgan fingerprint density at radius 2 is 2.40 bits per heavy atom. The molecule has 1 unspecified atom stereocenters. The van der Waals surface area contributed by atoms with Crippen molar-refractivity contribution in [2.24, 2.45) is 0 Å². The Morgan fingerprint density at radius 1 is 1.70 bits per heavy atom. The molecule has 0 heterocycles. The largest absolute Gasteiger partial charge is 0.493 e. The number of carbonyl (C=O) groups is 1. The Kier molecular flexibility index (Phi) is 1.87. The average molecular weight is 140 g/mol. The fraction of sp³-hybridized carbons (Fsp3) is 0.286. The number of ether oxygens (including phenoxy) is 1. The monoisotopic (exact) mass is 140 g/mol. The first-order valence-corrected chi connectivity index (χ1v) is 2.90. The highest BCUT2D eigenvalue weighted by Gasteiger charge is 2.19. The maximum atomic E-state index is 10.9. The lowest BCUT2D eigenvalue weighted by atomic mass is 10.1. The van der Waals surface area contributed by atoms with Crippen LogP contribution in [0.2, 0.25) is 0 Å². The van der Waals surface area contributed by atoms with Crippen LogP contribution >= 0.6 is 0 Å². The second-order valence-corrected chi connectivity index (χ2v) is 1.93. The lowest BCUT2D eigenvalue weighted by Gasteiger charge is -2.10. The van der Waals surface area contributed by atoms with Gasteiger partial charge in [0, 0.05) is 0 Å². The van der Waals surface area contributed by atoms with Crippen molar-refractivity contribution in [1.82, 2.24) is 0 Å². The molecule has 1 aliphatic carbocycles. The van der Waals surface area contributed by atoms with E-state index in [9.17, 15) is 4.79 Å². The van der Waals surface area contributed by atoms with Crippen LogP contribution in [0.4, 0.5) is 0 Å². The molecule has 1 rings (SSSR count). The van der Waals surface area contributed by atoms with Crippen LogP contribution in [0.25, 0.3) is 0 Å². The molecule has 0 radical (unpaired) electrons. The van der Waals surface area contributed by atoms with Crippen molar-refractivity contribution in [2.75, 3.05) is 7.11 Å². The zero-order valence-electron chi connectivity index (χ0n) is 5.57. The van der Waals surface area contributed by atoms with E-state index in [0.717, 1.165) is 0 Å². The van der Waals surface area contributed by atoms with E-state index in [2.05, 4.69) is 4.74 Å². The molecule has 0 aromatic heterocycles. The van der Waals surface area contributed by atoms with Gasteiger partial charge in [0.2, 0.25) is 5.78 Å². The van der Waals surface area contributed by atoms with Gasteiger partial charge < -0.3 is 9.84 Å². The minimum Gasteiger partial charge on any atom is -0.493 e. The Morgan fingerprint density at radius 3 is 2.90 bits per heavy atom. The summed E-state index contributed by atoms with van der Waals surface area (Å²) in [6.07, 6.45) is 3.49. The highest BCUT2D eigenvalue weighted by Crippen LogP contribution is 2.08. The van der Waals surface area contributed by atoms with Gasteiger partial charge in [0.05, 0.1) is 7.11 Å². The van der Waals surface area contributed by atoms with E-state index in [1.165, 1.54) is 19.3 Å². The van der Waals surface area contributed by atoms with Crippen molar-refractivity contribution in [3.8, 4) is 0 Å². The van der Waals surface area contributed by atoms with Crippen molar-refractivity contribution in [3.63, 3.8) is 0 Å². The minimum absolute atomic E-state index is 0.204. The summed E-state index contributed by atoms with van der Waals surface area (Å²) in [6, 6.07) is 0. The maximum absolute atomic E-state index is 10.9. The van der Waals surface area contributed by atoms with Crippen molar-refractivity contribution in [1.29, 1.82) is 0 Å². The summed E-state index contributed by atoms with van der Waals surface area (Å²) in [5, 5.41) is 8.92. The van der Waals surface area contributed by atoms with Crippen LogP contribution in [-0.2, 0) is 9.53 Å². The molecule has 0 aliphatic heterocycles. The number of hydrogen-bond acceptors (Lipinski definition) is 3. The predicted molar refractivity (Wildman–Crippen MR) is 35.2 cm³/mol. The Hall–Kier alpha value is -1.09. The molecular formula is C7H8O3. The molecule has 1 N–H and O–H groups in total. The molecule has 3 nitrogen and oxygen atoms in total. The second kappa shape index (κ2) is 2.66. The number of hydrogen-bond donors (Lipinski definition) is 1. The van der Waals surface area contributed by atoms with Crippen molar-refractivity contribution in [3.05, 3.63) is 24.0 Å². The van der Waals surface area contributed by atoms with Crippen LogP contribution in [0.15, 0.2) is 24.0 Å². The van der Waals surface area contributed by atoms with E-state index in [-0.39, 0.29) is 11.5 Å². The number of carbonyl (C=O) groups excluding carboxylic acids is 1. The summed E-state index contributed by atoms with van der Waals surface area (Å²) in [6.45, 7) is 0. The highest BCUT2D eigenvalue weighted by atomic mass is 16.5. The summed E-state index contributed by atoms with van der Waals surface area (Å²) < 4.78 is 4.67. The third-order valence-electron chi connectivity index (χ3n) is 1.27. The molecule has 1 aliphatic rings. The minimum atomic E-state index is -1.03. The van der Waals surface area contributed by atoms with E-state index >= 15 is 0 Å². The first-order chi connectivity index (χ1) is 4.75.